The molecule has 0 radical (unpaired) electrons. The number of anilines is 1. The number of hydrogen-bond acceptors (Lipinski definition) is 5. The van der Waals surface area contributed by atoms with Crippen molar-refractivity contribution in [2.24, 2.45) is 0 Å². The van der Waals surface area contributed by atoms with Crippen LogP contribution in [0.4, 0.5) is 5.69 Å². The maximum absolute atomic E-state index is 12.4. The number of carbonyl (C=O) groups excluding carboxylic acids is 1. The fourth-order valence-corrected chi connectivity index (χ4v) is 5.28. The van der Waals surface area contributed by atoms with E-state index in [0.29, 0.717) is 0 Å². The number of nitrogens with zero attached hydrogens (tertiary/aromatic N) is 2. The maximum atomic E-state index is 12.4. The average Bonchev–Trinajstić information content (AvgIpc) is 3.03. The van der Waals surface area contributed by atoms with Crippen molar-refractivity contribution in [3.8, 4) is 0 Å². The van der Waals surface area contributed by atoms with E-state index >= 15 is 0 Å². The van der Waals surface area contributed by atoms with Crippen molar-refractivity contribution < 1.29 is 9.37 Å². The second-order valence-electron chi connectivity index (χ2n) is 4.79. The molecule has 0 unspecified atom stereocenters. The normalized spacial score (nSPS) is 21.4. The summed E-state index contributed by atoms with van der Waals surface area (Å²) in [6, 6.07) is 8.34. The fourth-order valence-electron chi connectivity index (χ4n) is 2.35. The molecule has 0 spiro atoms. The Hall–Kier alpha value is -1.11. The van der Waals surface area contributed by atoms with Gasteiger partial charge in [0, 0.05) is 11.9 Å². The first kappa shape index (κ1) is 15.8. The van der Waals surface area contributed by atoms with Crippen LogP contribution < -0.4 is 4.90 Å². The van der Waals surface area contributed by atoms with Crippen LogP contribution in [0.5, 0.6) is 0 Å². The molecule has 0 aromatic heterocycles. The van der Waals surface area contributed by atoms with Crippen molar-refractivity contribution in [1.29, 1.82) is 0 Å². The van der Waals surface area contributed by atoms with Crippen LogP contribution in [-0.2, 0) is 4.79 Å². The molecule has 2 aliphatic heterocycles. The maximum Gasteiger partial charge on any atom is 0.427 e. The van der Waals surface area contributed by atoms with Crippen molar-refractivity contribution in [3.05, 3.63) is 46.4 Å². The van der Waals surface area contributed by atoms with Gasteiger partial charge in [-0.05, 0) is 49.2 Å². The molecule has 0 aliphatic carbocycles. The number of hydrogen-bond donors (Lipinski definition) is 0. The lowest BCUT2D eigenvalue weighted by molar-refractivity contribution is -0.433. The molecular weight excluding hydrogens is 332 g/mol. The molecule has 3 nitrogen and oxygen atoms in total. The molecule has 0 bridgehead atoms. The molecular formula is C16H17N2OS3+. The first-order chi connectivity index (χ1) is 10.7. The highest BCUT2D eigenvalue weighted by molar-refractivity contribution is 8.40. The van der Waals surface area contributed by atoms with E-state index in [1.165, 1.54) is 10.6 Å². The SMILES string of the molecule is CC[N+]1=C(SC)S/C(=C\C=C2/Sc3ccccc3N2C)C1=O. The fraction of sp³-hybridized carbons (Fsp3) is 0.250. The Kier molecular flexibility index (Phi) is 4.70. The third-order valence-electron chi connectivity index (χ3n) is 3.51. The second kappa shape index (κ2) is 6.56. The van der Waals surface area contributed by atoms with Crippen molar-refractivity contribution >= 4 is 51.3 Å². The molecule has 0 fully saturated rings. The molecule has 114 valence electrons. The number of rotatable bonds is 2. The minimum atomic E-state index is 0.108. The number of carbonyl (C=O) groups is 1. The number of allylic oxidation sites excluding steroid dienone is 2. The lowest BCUT2D eigenvalue weighted by Crippen LogP contribution is -2.18. The molecule has 1 aromatic rings. The minimum absolute atomic E-state index is 0.108. The zero-order valence-corrected chi connectivity index (χ0v) is 15.1. The summed E-state index contributed by atoms with van der Waals surface area (Å²) >= 11 is 4.93. The summed E-state index contributed by atoms with van der Waals surface area (Å²) < 4.78 is 2.90. The van der Waals surface area contributed by atoms with Crippen LogP contribution in [0.2, 0.25) is 0 Å². The van der Waals surface area contributed by atoms with Crippen molar-refractivity contribution in [1.82, 2.24) is 0 Å². The van der Waals surface area contributed by atoms with E-state index in [9.17, 15) is 4.79 Å². The number of benzene rings is 1. The monoisotopic (exact) mass is 349 g/mol. The van der Waals surface area contributed by atoms with Crippen LogP contribution in [0.3, 0.4) is 0 Å². The third-order valence-corrected chi connectivity index (χ3v) is 6.94. The standard InChI is InChI=1S/C16H17N2OS3/c1-4-18-15(19)13(22-16(18)20-3)9-10-14-17(2)11-7-5-6-8-12(11)21-14/h5-10H,4H2,1-3H3/q+1/b13-9-,14-10-. The van der Waals surface area contributed by atoms with Crippen LogP contribution in [0.1, 0.15) is 6.92 Å². The Morgan fingerprint density at radius 1 is 1.27 bits per heavy atom. The van der Waals surface area contributed by atoms with Gasteiger partial charge in [0.25, 0.3) is 4.38 Å². The Morgan fingerprint density at radius 2 is 2.05 bits per heavy atom. The highest BCUT2D eigenvalue weighted by Gasteiger charge is 2.36. The van der Waals surface area contributed by atoms with Crippen LogP contribution in [0.25, 0.3) is 0 Å². The van der Waals surface area contributed by atoms with E-state index in [1.54, 1.807) is 35.3 Å². The molecule has 3 rings (SSSR count). The largest absolute Gasteiger partial charge is 0.427 e. The van der Waals surface area contributed by atoms with Crippen molar-refractivity contribution in [2.45, 2.75) is 11.8 Å². The van der Waals surface area contributed by atoms with E-state index < -0.39 is 0 Å². The highest BCUT2D eigenvalue weighted by atomic mass is 32.2. The summed E-state index contributed by atoms with van der Waals surface area (Å²) in [4.78, 5) is 16.6. The van der Waals surface area contributed by atoms with E-state index in [2.05, 4.69) is 30.1 Å². The van der Waals surface area contributed by atoms with Gasteiger partial charge in [-0.1, -0.05) is 35.7 Å². The molecule has 1 aromatic carbocycles. The van der Waals surface area contributed by atoms with E-state index in [4.69, 9.17) is 0 Å². The van der Waals surface area contributed by atoms with Gasteiger partial charge in [0.05, 0.1) is 10.7 Å². The first-order valence-electron chi connectivity index (χ1n) is 6.99. The molecule has 0 saturated heterocycles. The number of para-hydroxylation sites is 1. The van der Waals surface area contributed by atoms with Gasteiger partial charge in [0.15, 0.2) is 6.54 Å². The Bertz CT molecular complexity index is 722. The first-order valence-corrected chi connectivity index (χ1v) is 9.84. The molecule has 0 atom stereocenters. The number of amides is 1. The molecule has 1 amide bonds. The van der Waals surface area contributed by atoms with Gasteiger partial charge in [-0.2, -0.15) is 0 Å². The summed E-state index contributed by atoms with van der Waals surface area (Å²) in [7, 11) is 2.06. The summed E-state index contributed by atoms with van der Waals surface area (Å²) in [6.45, 7) is 2.73. The van der Waals surface area contributed by atoms with Gasteiger partial charge in [-0.3, -0.25) is 0 Å². The molecule has 2 heterocycles. The number of likely N-dealkylation sites (N-methyl/N-ethyl adjacent to an activating group) is 1. The van der Waals surface area contributed by atoms with E-state index in [-0.39, 0.29) is 5.91 Å². The van der Waals surface area contributed by atoms with Gasteiger partial charge in [0.2, 0.25) is 0 Å². The highest BCUT2D eigenvalue weighted by Crippen LogP contribution is 2.44. The predicted octanol–water partition coefficient (Wildman–Crippen LogP) is 3.98. The smallest absolute Gasteiger partial charge is 0.338 e. The average molecular weight is 350 g/mol. The second-order valence-corrected chi connectivity index (χ2v) is 7.93. The van der Waals surface area contributed by atoms with Gasteiger partial charge < -0.3 is 4.90 Å². The van der Waals surface area contributed by atoms with Gasteiger partial charge >= 0.3 is 5.91 Å². The molecule has 6 heteroatoms. The van der Waals surface area contributed by atoms with Crippen LogP contribution in [0, 0.1) is 0 Å². The molecule has 0 saturated carbocycles. The van der Waals surface area contributed by atoms with Gasteiger partial charge in [-0.25, -0.2) is 4.79 Å². The lowest BCUT2D eigenvalue weighted by Gasteiger charge is -2.12. The Balaban J connectivity index is 1.83. The topological polar surface area (TPSA) is 23.3 Å². The van der Waals surface area contributed by atoms with Gasteiger partial charge in [-0.15, -0.1) is 4.58 Å². The zero-order chi connectivity index (χ0) is 15.7. The lowest BCUT2D eigenvalue weighted by atomic mass is 10.3. The van der Waals surface area contributed by atoms with Crippen molar-refractivity contribution in [3.63, 3.8) is 0 Å². The number of fused-ring (bicyclic) bond motifs is 1. The Labute approximate surface area is 143 Å². The van der Waals surface area contributed by atoms with E-state index in [1.807, 2.05) is 36.0 Å². The van der Waals surface area contributed by atoms with E-state index in [0.717, 1.165) is 20.9 Å². The van der Waals surface area contributed by atoms with Crippen LogP contribution >= 0.6 is 35.3 Å². The summed E-state index contributed by atoms with van der Waals surface area (Å²) in [5.41, 5.74) is 1.22. The Morgan fingerprint density at radius 3 is 2.68 bits per heavy atom. The van der Waals surface area contributed by atoms with Crippen LogP contribution in [-0.4, -0.2) is 34.7 Å². The predicted molar refractivity (Wildman–Crippen MR) is 98.8 cm³/mol. The van der Waals surface area contributed by atoms with Crippen LogP contribution in [0.15, 0.2) is 51.2 Å². The minimum Gasteiger partial charge on any atom is -0.338 e. The number of thioether (sulfide) groups is 3. The summed E-state index contributed by atoms with van der Waals surface area (Å²) in [5.74, 6) is 0.108. The molecule has 0 N–H and O–H groups in total. The zero-order valence-electron chi connectivity index (χ0n) is 12.7. The van der Waals surface area contributed by atoms with Gasteiger partial charge in [0.1, 0.15) is 4.91 Å². The quantitative estimate of drug-likeness (QED) is 0.594. The summed E-state index contributed by atoms with van der Waals surface area (Å²) in [5, 5.41) is 1.14. The summed E-state index contributed by atoms with van der Waals surface area (Å²) in [6.07, 6.45) is 6.00. The molecule has 22 heavy (non-hydrogen) atoms. The third kappa shape index (κ3) is 2.75. The molecule has 2 aliphatic rings. The van der Waals surface area contributed by atoms with Crippen molar-refractivity contribution in [2.75, 3.05) is 24.7 Å².